The molecule has 1 heterocycles. The van der Waals surface area contributed by atoms with Crippen molar-refractivity contribution >= 4 is 28.6 Å². The number of methoxy groups -OCH3 is 1. The number of ether oxygens (including phenoxy) is 1. The maximum atomic E-state index is 11.4. The van der Waals surface area contributed by atoms with Crippen molar-refractivity contribution in [1.29, 1.82) is 0 Å². The first-order chi connectivity index (χ1) is 16.1. The molecule has 0 amide bonds. The van der Waals surface area contributed by atoms with Gasteiger partial charge in [-0.05, 0) is 47.9 Å². The van der Waals surface area contributed by atoms with Crippen molar-refractivity contribution in [2.24, 2.45) is 5.41 Å². The number of fused-ring (bicyclic) bond motifs is 1. The summed E-state index contributed by atoms with van der Waals surface area (Å²) in [5.41, 5.74) is 4.79. The average Bonchev–Trinajstić information content (AvgIpc) is 3.13. The zero-order chi connectivity index (χ0) is 25.0. The van der Waals surface area contributed by atoms with Gasteiger partial charge in [-0.25, -0.2) is 4.98 Å². The molecule has 1 unspecified atom stereocenters. The molecule has 6 nitrogen and oxygen atoms in total. The number of hydrogen-bond donors (Lipinski definition) is 2. The standard InChI is InChI=1S/C28H39N3O3/c1-8-22(17-28(5,6)9-2)31-24-16-25(34-7)20(15-26(32)33)14-23(24)30-27(31)29-21-12-10-19(11-13-21)18(3)4/h10-14,16,18,22H,8-9,15,17H2,1-7H3,(H,29,30)(H,32,33). The molecule has 0 bridgehead atoms. The number of anilines is 2. The van der Waals surface area contributed by atoms with Crippen LogP contribution in [0.15, 0.2) is 36.4 Å². The summed E-state index contributed by atoms with van der Waals surface area (Å²) in [4.78, 5) is 16.3. The van der Waals surface area contributed by atoms with E-state index in [1.54, 1.807) is 7.11 Å². The maximum absolute atomic E-state index is 11.4. The van der Waals surface area contributed by atoms with Gasteiger partial charge in [0.25, 0.3) is 0 Å². The van der Waals surface area contributed by atoms with Crippen molar-refractivity contribution in [3.63, 3.8) is 0 Å². The smallest absolute Gasteiger partial charge is 0.307 e. The van der Waals surface area contributed by atoms with Crippen LogP contribution < -0.4 is 10.1 Å². The maximum Gasteiger partial charge on any atom is 0.307 e. The van der Waals surface area contributed by atoms with E-state index in [-0.39, 0.29) is 17.9 Å². The lowest BCUT2D eigenvalue weighted by atomic mass is 9.82. The van der Waals surface area contributed by atoms with Gasteiger partial charge in [0.1, 0.15) is 5.75 Å². The highest BCUT2D eigenvalue weighted by Gasteiger charge is 2.26. The Bertz CT molecular complexity index is 1130. The molecule has 3 rings (SSSR count). The Morgan fingerprint density at radius 1 is 1.18 bits per heavy atom. The third kappa shape index (κ3) is 5.72. The van der Waals surface area contributed by atoms with Crippen molar-refractivity contribution in [3.8, 4) is 5.75 Å². The molecule has 0 aliphatic carbocycles. The third-order valence-electron chi connectivity index (χ3n) is 6.85. The summed E-state index contributed by atoms with van der Waals surface area (Å²) >= 11 is 0. The van der Waals surface area contributed by atoms with E-state index in [0.29, 0.717) is 17.2 Å². The second-order valence-electron chi connectivity index (χ2n) is 10.2. The van der Waals surface area contributed by atoms with E-state index < -0.39 is 5.97 Å². The van der Waals surface area contributed by atoms with Gasteiger partial charge in [0.2, 0.25) is 5.95 Å². The minimum Gasteiger partial charge on any atom is -0.496 e. The summed E-state index contributed by atoms with van der Waals surface area (Å²) in [6.45, 7) is 13.4. The number of nitrogens with one attached hydrogen (secondary N) is 1. The van der Waals surface area contributed by atoms with Crippen LogP contribution in [0.25, 0.3) is 11.0 Å². The molecule has 0 aliphatic rings. The number of carboxylic acid groups (broad SMARTS) is 1. The molecule has 184 valence electrons. The van der Waals surface area contributed by atoms with E-state index in [4.69, 9.17) is 9.72 Å². The first-order valence-electron chi connectivity index (χ1n) is 12.3. The van der Waals surface area contributed by atoms with Crippen LogP contribution >= 0.6 is 0 Å². The summed E-state index contributed by atoms with van der Waals surface area (Å²) in [6, 6.07) is 12.5. The first-order valence-corrected chi connectivity index (χ1v) is 12.3. The molecule has 0 saturated carbocycles. The van der Waals surface area contributed by atoms with Crippen LogP contribution in [-0.4, -0.2) is 27.7 Å². The fraction of sp³-hybridized carbons (Fsp3) is 0.500. The molecule has 3 aromatic rings. The van der Waals surface area contributed by atoms with Crippen LogP contribution in [0, 0.1) is 5.41 Å². The van der Waals surface area contributed by atoms with Gasteiger partial charge in [0.15, 0.2) is 0 Å². The Morgan fingerprint density at radius 2 is 1.85 bits per heavy atom. The van der Waals surface area contributed by atoms with Crippen LogP contribution in [0.1, 0.15) is 83.9 Å². The molecule has 34 heavy (non-hydrogen) atoms. The minimum absolute atomic E-state index is 0.106. The topological polar surface area (TPSA) is 76.4 Å². The summed E-state index contributed by atoms with van der Waals surface area (Å²) in [6.07, 6.45) is 2.94. The number of aliphatic carboxylic acids is 1. The third-order valence-corrected chi connectivity index (χ3v) is 6.85. The SMILES string of the molecule is CCC(CC(C)(C)CC)n1c(Nc2ccc(C(C)C)cc2)nc2cc(CC(=O)O)c(OC)cc21. The predicted molar refractivity (Wildman–Crippen MR) is 139 cm³/mol. The lowest BCUT2D eigenvalue weighted by molar-refractivity contribution is -0.136. The van der Waals surface area contributed by atoms with E-state index in [2.05, 4.69) is 75.7 Å². The average molecular weight is 466 g/mol. The molecule has 6 heteroatoms. The summed E-state index contributed by atoms with van der Waals surface area (Å²) in [7, 11) is 1.58. The van der Waals surface area contributed by atoms with Crippen LogP contribution in [0.3, 0.4) is 0 Å². The largest absolute Gasteiger partial charge is 0.496 e. The molecule has 2 N–H and O–H groups in total. The van der Waals surface area contributed by atoms with Crippen molar-refractivity contribution in [2.45, 2.75) is 79.2 Å². The Balaban J connectivity index is 2.15. The van der Waals surface area contributed by atoms with Gasteiger partial charge in [-0.2, -0.15) is 0 Å². The van der Waals surface area contributed by atoms with E-state index in [0.717, 1.165) is 41.9 Å². The number of rotatable bonds is 11. The highest BCUT2D eigenvalue weighted by Crippen LogP contribution is 2.39. The van der Waals surface area contributed by atoms with Gasteiger partial charge >= 0.3 is 5.97 Å². The molecule has 1 aromatic heterocycles. The number of carbonyl (C=O) groups is 1. The summed E-state index contributed by atoms with van der Waals surface area (Å²) < 4.78 is 7.86. The van der Waals surface area contributed by atoms with Crippen molar-refractivity contribution in [2.75, 3.05) is 12.4 Å². The normalized spacial score (nSPS) is 12.8. The highest BCUT2D eigenvalue weighted by atomic mass is 16.5. The van der Waals surface area contributed by atoms with Crippen LogP contribution in [0.5, 0.6) is 5.75 Å². The van der Waals surface area contributed by atoms with Gasteiger partial charge in [0, 0.05) is 23.4 Å². The van der Waals surface area contributed by atoms with Crippen LogP contribution in [-0.2, 0) is 11.2 Å². The summed E-state index contributed by atoms with van der Waals surface area (Å²) in [5, 5.41) is 12.9. The molecule has 0 saturated heterocycles. The quantitative estimate of drug-likeness (QED) is 0.310. The van der Waals surface area contributed by atoms with Crippen molar-refractivity contribution < 1.29 is 14.6 Å². The van der Waals surface area contributed by atoms with Crippen molar-refractivity contribution in [1.82, 2.24) is 9.55 Å². The monoisotopic (exact) mass is 465 g/mol. The Morgan fingerprint density at radius 3 is 2.38 bits per heavy atom. The molecule has 0 radical (unpaired) electrons. The first kappa shape index (κ1) is 25.6. The van der Waals surface area contributed by atoms with Gasteiger partial charge in [-0.15, -0.1) is 0 Å². The molecule has 1 atom stereocenters. The number of imidazole rings is 1. The predicted octanol–water partition coefficient (Wildman–Crippen LogP) is 7.32. The summed E-state index contributed by atoms with van der Waals surface area (Å²) in [5.74, 6) is 0.922. The molecule has 2 aromatic carbocycles. The van der Waals surface area contributed by atoms with E-state index in [1.165, 1.54) is 5.56 Å². The van der Waals surface area contributed by atoms with Gasteiger partial charge in [0.05, 0.1) is 24.6 Å². The lowest BCUT2D eigenvalue weighted by Crippen LogP contribution is -2.20. The van der Waals surface area contributed by atoms with Crippen LogP contribution in [0.2, 0.25) is 0 Å². The Hall–Kier alpha value is -3.02. The number of benzene rings is 2. The minimum atomic E-state index is -0.892. The second kappa shape index (κ2) is 10.5. The van der Waals surface area contributed by atoms with E-state index >= 15 is 0 Å². The lowest BCUT2D eigenvalue weighted by Gasteiger charge is -2.30. The van der Waals surface area contributed by atoms with Gasteiger partial charge in [-0.3, -0.25) is 4.79 Å². The molecule has 0 fully saturated rings. The number of carboxylic acids is 1. The Labute approximate surface area is 203 Å². The fourth-order valence-corrected chi connectivity index (χ4v) is 4.40. The van der Waals surface area contributed by atoms with E-state index in [1.807, 2.05) is 12.1 Å². The number of hydrogen-bond acceptors (Lipinski definition) is 4. The highest BCUT2D eigenvalue weighted by molar-refractivity contribution is 5.84. The molecule has 0 aliphatic heterocycles. The number of aromatic nitrogens is 2. The van der Waals surface area contributed by atoms with Gasteiger partial charge in [-0.1, -0.05) is 60.1 Å². The van der Waals surface area contributed by atoms with Crippen LogP contribution in [0.4, 0.5) is 11.6 Å². The second-order valence-corrected chi connectivity index (χ2v) is 10.2. The molecule has 0 spiro atoms. The van der Waals surface area contributed by atoms with Crippen molar-refractivity contribution in [3.05, 3.63) is 47.5 Å². The zero-order valence-corrected chi connectivity index (χ0v) is 21.6. The van der Waals surface area contributed by atoms with E-state index in [9.17, 15) is 9.90 Å². The van der Waals surface area contributed by atoms with Gasteiger partial charge < -0.3 is 19.7 Å². The number of nitrogens with zero attached hydrogens (tertiary/aromatic N) is 2. The molecular weight excluding hydrogens is 426 g/mol. The zero-order valence-electron chi connectivity index (χ0n) is 21.6. The molecular formula is C28H39N3O3. The Kier molecular flexibility index (Phi) is 7.90. The fourth-order valence-electron chi connectivity index (χ4n) is 4.40.